The Morgan fingerprint density at radius 1 is 1.07 bits per heavy atom. The molecule has 2 aromatic carbocycles. The lowest BCUT2D eigenvalue weighted by Gasteiger charge is -2.20. The number of hydrogen-bond donors (Lipinski definition) is 3. The van der Waals surface area contributed by atoms with Crippen LogP contribution in [-0.2, 0) is 17.5 Å². The number of benzene rings is 2. The maximum Gasteiger partial charge on any atom is 0.416 e. The fourth-order valence-electron chi connectivity index (χ4n) is 4.69. The van der Waals surface area contributed by atoms with Crippen molar-refractivity contribution in [2.45, 2.75) is 56.4 Å². The molecule has 2 amide bonds. The van der Waals surface area contributed by atoms with Crippen LogP contribution in [0.3, 0.4) is 0 Å². The average molecular weight is 555 g/mol. The van der Waals surface area contributed by atoms with Gasteiger partial charge in [-0.25, -0.2) is 0 Å². The molecule has 0 spiro atoms. The van der Waals surface area contributed by atoms with E-state index in [4.69, 9.17) is 4.74 Å². The number of ether oxygens (including phenoxy) is 1. The van der Waals surface area contributed by atoms with Crippen molar-refractivity contribution in [1.82, 2.24) is 20.9 Å². The summed E-state index contributed by atoms with van der Waals surface area (Å²) in [6.45, 7) is 2.97. The number of nitrogens with one attached hydrogen (secondary N) is 3. The highest BCUT2D eigenvalue weighted by atomic mass is 19.4. The zero-order valence-electron chi connectivity index (χ0n) is 22.4. The van der Waals surface area contributed by atoms with Gasteiger partial charge in [-0.2, -0.15) is 13.2 Å². The van der Waals surface area contributed by atoms with Gasteiger partial charge in [-0.15, -0.1) is 0 Å². The van der Waals surface area contributed by atoms with Gasteiger partial charge in [0.2, 0.25) is 5.91 Å². The van der Waals surface area contributed by atoms with E-state index >= 15 is 0 Å². The van der Waals surface area contributed by atoms with Gasteiger partial charge in [0.05, 0.1) is 24.9 Å². The van der Waals surface area contributed by atoms with E-state index in [1.807, 2.05) is 18.2 Å². The minimum atomic E-state index is -4.50. The van der Waals surface area contributed by atoms with E-state index < -0.39 is 23.7 Å². The van der Waals surface area contributed by atoms with Gasteiger partial charge in [0, 0.05) is 23.2 Å². The molecule has 0 radical (unpaired) electrons. The molecule has 3 unspecified atom stereocenters. The van der Waals surface area contributed by atoms with Gasteiger partial charge in [-0.1, -0.05) is 18.2 Å². The number of carbonyl (C=O) groups excluding carboxylic acids is 2. The zero-order chi connectivity index (χ0) is 28.8. The third-order valence-electron chi connectivity index (χ3n) is 7.22. The van der Waals surface area contributed by atoms with E-state index in [0.717, 1.165) is 36.4 Å². The van der Waals surface area contributed by atoms with Gasteiger partial charge in [-0.3, -0.25) is 14.6 Å². The van der Waals surface area contributed by atoms with Crippen molar-refractivity contribution in [3.05, 3.63) is 95.3 Å². The predicted molar refractivity (Wildman–Crippen MR) is 145 cm³/mol. The van der Waals surface area contributed by atoms with E-state index in [-0.39, 0.29) is 23.6 Å². The third kappa shape index (κ3) is 7.59. The number of halogens is 3. The predicted octanol–water partition coefficient (Wildman–Crippen LogP) is 4.84. The number of hydrogen-bond acceptors (Lipinski definition) is 5. The Kier molecular flexibility index (Phi) is 9.09. The molecular formula is C30H33F3N4O3. The lowest BCUT2D eigenvalue weighted by molar-refractivity contribution is -0.137. The minimum absolute atomic E-state index is 0.0430. The maximum absolute atomic E-state index is 13.0. The quantitative estimate of drug-likeness (QED) is 0.279. The zero-order valence-corrected chi connectivity index (χ0v) is 22.4. The van der Waals surface area contributed by atoms with Crippen LogP contribution >= 0.6 is 0 Å². The highest BCUT2D eigenvalue weighted by molar-refractivity contribution is 5.97. The van der Waals surface area contributed by atoms with Gasteiger partial charge in [0.15, 0.2) is 0 Å². The Labute approximate surface area is 231 Å². The molecule has 1 saturated carbocycles. The first kappa shape index (κ1) is 29.1. The molecular weight excluding hydrogens is 521 g/mol. The SMILES string of the molecule is COc1ccc(C2CC2(C)NCCCC(NC(=O)c2ccc(C(F)(F)F)cc2)C(=O)NCc2ccccn2)cc1. The summed E-state index contributed by atoms with van der Waals surface area (Å²) in [6, 6.07) is 16.4. The number of nitrogens with zero attached hydrogens (tertiary/aromatic N) is 1. The second kappa shape index (κ2) is 12.5. The van der Waals surface area contributed by atoms with E-state index in [2.05, 4.69) is 40.0 Å². The number of rotatable bonds is 12. The van der Waals surface area contributed by atoms with Crippen LogP contribution < -0.4 is 20.7 Å². The molecule has 1 aromatic heterocycles. The third-order valence-corrected chi connectivity index (χ3v) is 7.22. The molecule has 0 bridgehead atoms. The second-order valence-electron chi connectivity index (χ2n) is 10.2. The monoisotopic (exact) mass is 554 g/mol. The summed E-state index contributed by atoms with van der Waals surface area (Å²) in [7, 11) is 1.63. The molecule has 1 aliphatic carbocycles. The van der Waals surface area contributed by atoms with Crippen LogP contribution in [0.2, 0.25) is 0 Å². The average Bonchev–Trinajstić information content (AvgIpc) is 3.64. The lowest BCUT2D eigenvalue weighted by Crippen LogP contribution is -2.47. The fourth-order valence-corrected chi connectivity index (χ4v) is 4.69. The number of pyridine rings is 1. The summed E-state index contributed by atoms with van der Waals surface area (Å²) in [5, 5.41) is 9.07. The number of amides is 2. The standard InChI is InChI=1S/C30H33F3N4O3/c1-29(18-25(29)20-10-14-24(40-2)15-11-20)36-17-5-7-26(28(39)35-19-23-6-3-4-16-34-23)37-27(38)21-8-12-22(13-9-21)30(31,32)33/h3-4,6,8-16,25-26,36H,5,7,17-19H2,1-2H3,(H,35,39)(H,37,38). The summed E-state index contributed by atoms with van der Waals surface area (Å²) < 4.78 is 43.9. The fraction of sp³-hybridized carbons (Fsp3) is 0.367. The number of aromatic nitrogens is 1. The van der Waals surface area contributed by atoms with Crippen molar-refractivity contribution in [2.75, 3.05) is 13.7 Å². The van der Waals surface area contributed by atoms with Crippen LogP contribution in [0.15, 0.2) is 72.9 Å². The van der Waals surface area contributed by atoms with Gasteiger partial charge >= 0.3 is 6.18 Å². The van der Waals surface area contributed by atoms with Crippen LogP contribution in [0, 0.1) is 0 Å². The first-order valence-corrected chi connectivity index (χ1v) is 13.1. The molecule has 3 N–H and O–H groups in total. The minimum Gasteiger partial charge on any atom is -0.497 e. The first-order chi connectivity index (χ1) is 19.1. The topological polar surface area (TPSA) is 92.4 Å². The summed E-state index contributed by atoms with van der Waals surface area (Å²) in [4.78, 5) is 30.0. The molecule has 1 fully saturated rings. The Hall–Kier alpha value is -3.92. The van der Waals surface area contributed by atoms with Gasteiger partial charge in [-0.05, 0) is 86.8 Å². The van der Waals surface area contributed by atoms with Crippen LogP contribution in [0.1, 0.15) is 59.3 Å². The Morgan fingerprint density at radius 2 is 1.80 bits per heavy atom. The van der Waals surface area contributed by atoms with Crippen molar-refractivity contribution in [1.29, 1.82) is 0 Å². The van der Waals surface area contributed by atoms with Crippen LogP contribution in [0.5, 0.6) is 5.75 Å². The number of methoxy groups -OCH3 is 1. The van der Waals surface area contributed by atoms with Crippen molar-refractivity contribution in [2.24, 2.45) is 0 Å². The summed E-state index contributed by atoms with van der Waals surface area (Å²) >= 11 is 0. The Balaban J connectivity index is 1.34. The van der Waals surface area contributed by atoms with Crippen molar-refractivity contribution < 1.29 is 27.5 Å². The van der Waals surface area contributed by atoms with Crippen molar-refractivity contribution >= 4 is 11.8 Å². The van der Waals surface area contributed by atoms with E-state index in [9.17, 15) is 22.8 Å². The van der Waals surface area contributed by atoms with Gasteiger partial charge in [0.25, 0.3) is 5.91 Å². The number of carbonyl (C=O) groups is 2. The van der Waals surface area contributed by atoms with E-state index in [1.54, 1.807) is 25.4 Å². The molecule has 1 heterocycles. The summed E-state index contributed by atoms with van der Waals surface area (Å²) in [5.74, 6) is 0.174. The van der Waals surface area contributed by atoms with Crippen LogP contribution in [0.4, 0.5) is 13.2 Å². The van der Waals surface area contributed by atoms with Gasteiger partial charge < -0.3 is 20.7 Å². The molecule has 0 aliphatic heterocycles. The first-order valence-electron chi connectivity index (χ1n) is 13.1. The molecule has 3 atom stereocenters. The molecule has 3 aromatic rings. The van der Waals surface area contributed by atoms with Crippen LogP contribution in [-0.4, -0.2) is 42.0 Å². The molecule has 0 saturated heterocycles. The van der Waals surface area contributed by atoms with Crippen molar-refractivity contribution in [3.63, 3.8) is 0 Å². The molecule has 212 valence electrons. The summed E-state index contributed by atoms with van der Waals surface area (Å²) in [6.07, 6.45) is -0.955. The number of alkyl halides is 3. The van der Waals surface area contributed by atoms with Crippen molar-refractivity contribution in [3.8, 4) is 5.75 Å². The maximum atomic E-state index is 13.0. The second-order valence-corrected chi connectivity index (χ2v) is 10.2. The molecule has 7 nitrogen and oxygen atoms in total. The van der Waals surface area contributed by atoms with E-state index in [1.165, 1.54) is 5.56 Å². The van der Waals surface area contributed by atoms with Gasteiger partial charge in [0.1, 0.15) is 11.8 Å². The Morgan fingerprint density at radius 3 is 2.42 bits per heavy atom. The van der Waals surface area contributed by atoms with E-state index in [0.29, 0.717) is 31.0 Å². The lowest BCUT2D eigenvalue weighted by atomic mass is 10.1. The molecule has 1 aliphatic rings. The highest BCUT2D eigenvalue weighted by Crippen LogP contribution is 2.51. The van der Waals surface area contributed by atoms with Crippen LogP contribution in [0.25, 0.3) is 0 Å². The Bertz CT molecular complexity index is 1280. The smallest absolute Gasteiger partial charge is 0.416 e. The largest absolute Gasteiger partial charge is 0.497 e. The normalized spacial score (nSPS) is 19.0. The highest BCUT2D eigenvalue weighted by Gasteiger charge is 2.50. The molecule has 4 rings (SSSR count). The molecule has 10 heteroatoms. The summed E-state index contributed by atoms with van der Waals surface area (Å²) in [5.41, 5.74) is 1.03. The molecule has 40 heavy (non-hydrogen) atoms.